The van der Waals surface area contributed by atoms with Crippen molar-refractivity contribution in [3.05, 3.63) is 34.3 Å². The second-order valence-corrected chi connectivity index (χ2v) is 5.77. The third-order valence-corrected chi connectivity index (χ3v) is 4.26. The monoisotopic (exact) mass is 346 g/mol. The molecule has 1 heterocycles. The van der Waals surface area contributed by atoms with Crippen molar-refractivity contribution in [1.29, 1.82) is 0 Å². The topological polar surface area (TPSA) is 41.1 Å². The van der Waals surface area contributed by atoms with Crippen molar-refractivity contribution < 1.29 is 4.79 Å². The van der Waals surface area contributed by atoms with Crippen molar-refractivity contribution in [2.24, 2.45) is 5.92 Å². The van der Waals surface area contributed by atoms with E-state index in [2.05, 4.69) is 33.5 Å². The van der Waals surface area contributed by atoms with Gasteiger partial charge in [-0.3, -0.25) is 4.79 Å². The van der Waals surface area contributed by atoms with E-state index in [0.29, 0.717) is 12.3 Å². The van der Waals surface area contributed by atoms with Gasteiger partial charge in [-0.05, 0) is 30.5 Å². The Kier molecular flexibility index (Phi) is 6.83. The predicted octanol–water partition coefficient (Wildman–Crippen LogP) is 2.53. The standard InChI is InChI=1S/C14H19BrN2O.ClH/c1-10-6-7-16-9-13(10)17-14(18)8-11-4-2-3-5-12(11)15;/h2-5,10,13,16H,6-9H2,1H3,(H,17,18);1H. The summed E-state index contributed by atoms with van der Waals surface area (Å²) >= 11 is 3.47. The molecule has 1 aromatic rings. The second kappa shape index (κ2) is 7.88. The summed E-state index contributed by atoms with van der Waals surface area (Å²) in [5, 5.41) is 6.44. The van der Waals surface area contributed by atoms with E-state index < -0.39 is 0 Å². The third kappa shape index (κ3) is 4.79. The van der Waals surface area contributed by atoms with Gasteiger partial charge in [0.05, 0.1) is 6.42 Å². The summed E-state index contributed by atoms with van der Waals surface area (Å²) in [4.78, 5) is 12.0. The highest BCUT2D eigenvalue weighted by atomic mass is 79.9. The van der Waals surface area contributed by atoms with Gasteiger partial charge >= 0.3 is 0 Å². The zero-order valence-electron chi connectivity index (χ0n) is 11.0. The molecule has 2 atom stereocenters. The van der Waals surface area contributed by atoms with Crippen molar-refractivity contribution in [2.45, 2.75) is 25.8 Å². The van der Waals surface area contributed by atoms with Crippen LogP contribution in [-0.2, 0) is 11.2 Å². The van der Waals surface area contributed by atoms with E-state index in [4.69, 9.17) is 0 Å². The van der Waals surface area contributed by atoms with Crippen molar-refractivity contribution >= 4 is 34.2 Å². The van der Waals surface area contributed by atoms with Gasteiger partial charge in [0.15, 0.2) is 0 Å². The molecule has 0 saturated carbocycles. The van der Waals surface area contributed by atoms with E-state index in [9.17, 15) is 4.79 Å². The highest BCUT2D eigenvalue weighted by Crippen LogP contribution is 2.17. The first-order valence-corrected chi connectivity index (χ1v) is 7.19. The van der Waals surface area contributed by atoms with E-state index in [1.807, 2.05) is 24.3 Å². The van der Waals surface area contributed by atoms with Gasteiger partial charge in [-0.1, -0.05) is 41.1 Å². The smallest absolute Gasteiger partial charge is 0.224 e. The molecule has 2 unspecified atom stereocenters. The maximum Gasteiger partial charge on any atom is 0.224 e. The normalized spacial score (nSPS) is 22.4. The minimum absolute atomic E-state index is 0. The number of piperidine rings is 1. The molecular formula is C14H20BrClN2O. The maximum atomic E-state index is 12.0. The van der Waals surface area contributed by atoms with Gasteiger partial charge in [0.25, 0.3) is 0 Å². The van der Waals surface area contributed by atoms with E-state index in [-0.39, 0.29) is 24.4 Å². The van der Waals surface area contributed by atoms with Gasteiger partial charge in [0.2, 0.25) is 5.91 Å². The largest absolute Gasteiger partial charge is 0.352 e. The van der Waals surface area contributed by atoms with Crippen LogP contribution < -0.4 is 10.6 Å². The summed E-state index contributed by atoms with van der Waals surface area (Å²) in [5.74, 6) is 0.650. The first-order chi connectivity index (χ1) is 8.66. The van der Waals surface area contributed by atoms with Crippen LogP contribution in [0.3, 0.4) is 0 Å². The molecule has 0 radical (unpaired) electrons. The van der Waals surface area contributed by atoms with E-state index in [0.717, 1.165) is 29.5 Å². The minimum Gasteiger partial charge on any atom is -0.352 e. The first-order valence-electron chi connectivity index (χ1n) is 6.40. The molecule has 106 valence electrons. The van der Waals surface area contributed by atoms with Gasteiger partial charge in [-0.15, -0.1) is 12.4 Å². The molecule has 0 bridgehead atoms. The van der Waals surface area contributed by atoms with E-state index >= 15 is 0 Å². The predicted molar refractivity (Wildman–Crippen MR) is 83.7 cm³/mol. The SMILES string of the molecule is CC1CCNCC1NC(=O)Cc1ccccc1Br.Cl. The Morgan fingerprint density at radius 2 is 2.21 bits per heavy atom. The number of amides is 1. The van der Waals surface area contributed by atoms with Crippen LogP contribution in [0.5, 0.6) is 0 Å². The molecule has 5 heteroatoms. The van der Waals surface area contributed by atoms with Crippen LogP contribution in [0.4, 0.5) is 0 Å². The molecule has 1 aliphatic rings. The molecule has 0 spiro atoms. The van der Waals surface area contributed by atoms with Crippen LogP contribution in [0.1, 0.15) is 18.9 Å². The summed E-state index contributed by atoms with van der Waals surface area (Å²) in [6, 6.07) is 8.12. The van der Waals surface area contributed by atoms with E-state index in [1.165, 1.54) is 0 Å². The van der Waals surface area contributed by atoms with Gasteiger partial charge < -0.3 is 10.6 Å². The Hall–Kier alpha value is -0.580. The van der Waals surface area contributed by atoms with Crippen molar-refractivity contribution in [1.82, 2.24) is 10.6 Å². The number of nitrogens with one attached hydrogen (secondary N) is 2. The fraction of sp³-hybridized carbons (Fsp3) is 0.500. The lowest BCUT2D eigenvalue weighted by molar-refractivity contribution is -0.121. The highest BCUT2D eigenvalue weighted by molar-refractivity contribution is 9.10. The Morgan fingerprint density at radius 1 is 1.47 bits per heavy atom. The maximum absolute atomic E-state index is 12.0. The van der Waals surface area contributed by atoms with Gasteiger partial charge in [0.1, 0.15) is 0 Å². The second-order valence-electron chi connectivity index (χ2n) is 4.91. The van der Waals surface area contributed by atoms with Gasteiger partial charge in [-0.25, -0.2) is 0 Å². The highest BCUT2D eigenvalue weighted by Gasteiger charge is 2.22. The Bertz CT molecular complexity index is 428. The fourth-order valence-corrected chi connectivity index (χ4v) is 2.68. The van der Waals surface area contributed by atoms with Crippen molar-refractivity contribution in [3.8, 4) is 0 Å². The molecule has 1 aromatic carbocycles. The summed E-state index contributed by atoms with van der Waals surface area (Å²) < 4.78 is 0.995. The number of rotatable bonds is 3. The molecular weight excluding hydrogens is 328 g/mol. The van der Waals surface area contributed by atoms with Crippen LogP contribution in [0.25, 0.3) is 0 Å². The number of carbonyl (C=O) groups excluding carboxylic acids is 1. The molecule has 0 aromatic heterocycles. The van der Waals surface area contributed by atoms with Crippen LogP contribution in [-0.4, -0.2) is 25.0 Å². The Balaban J connectivity index is 0.00000180. The zero-order chi connectivity index (χ0) is 13.0. The first kappa shape index (κ1) is 16.5. The molecule has 3 nitrogen and oxygen atoms in total. The molecule has 2 rings (SSSR count). The van der Waals surface area contributed by atoms with Gasteiger partial charge in [-0.2, -0.15) is 0 Å². The fourth-order valence-electron chi connectivity index (χ4n) is 2.26. The zero-order valence-corrected chi connectivity index (χ0v) is 13.4. The molecule has 2 N–H and O–H groups in total. The van der Waals surface area contributed by atoms with Crippen LogP contribution in [0.2, 0.25) is 0 Å². The van der Waals surface area contributed by atoms with Crippen LogP contribution in [0, 0.1) is 5.92 Å². The molecule has 0 aliphatic carbocycles. The third-order valence-electron chi connectivity index (χ3n) is 3.48. The Morgan fingerprint density at radius 3 is 2.89 bits per heavy atom. The molecule has 1 saturated heterocycles. The Labute approximate surface area is 129 Å². The number of hydrogen-bond donors (Lipinski definition) is 2. The molecule has 19 heavy (non-hydrogen) atoms. The lowest BCUT2D eigenvalue weighted by atomic mass is 9.94. The number of halogens is 2. The average Bonchev–Trinajstić information content (AvgIpc) is 2.35. The lowest BCUT2D eigenvalue weighted by Crippen LogP contribution is -2.50. The lowest BCUT2D eigenvalue weighted by Gasteiger charge is -2.30. The summed E-state index contributed by atoms with van der Waals surface area (Å²) in [6.45, 7) is 4.13. The van der Waals surface area contributed by atoms with Crippen LogP contribution >= 0.6 is 28.3 Å². The quantitative estimate of drug-likeness (QED) is 0.882. The van der Waals surface area contributed by atoms with Crippen LogP contribution in [0.15, 0.2) is 28.7 Å². The molecule has 1 aliphatic heterocycles. The average molecular weight is 348 g/mol. The summed E-state index contributed by atoms with van der Waals surface area (Å²) in [7, 11) is 0. The van der Waals surface area contributed by atoms with Crippen molar-refractivity contribution in [2.75, 3.05) is 13.1 Å². The number of hydrogen-bond acceptors (Lipinski definition) is 2. The number of benzene rings is 1. The summed E-state index contributed by atoms with van der Waals surface area (Å²) in [5.41, 5.74) is 1.03. The van der Waals surface area contributed by atoms with Gasteiger partial charge in [0, 0.05) is 17.1 Å². The number of carbonyl (C=O) groups is 1. The molecule has 1 fully saturated rings. The van der Waals surface area contributed by atoms with E-state index in [1.54, 1.807) is 0 Å². The molecule has 1 amide bonds. The van der Waals surface area contributed by atoms with Crippen molar-refractivity contribution in [3.63, 3.8) is 0 Å². The minimum atomic E-state index is 0. The summed E-state index contributed by atoms with van der Waals surface area (Å²) in [6.07, 6.45) is 1.56.